The molecule has 1 aliphatic rings. The summed E-state index contributed by atoms with van der Waals surface area (Å²) in [5.74, 6) is 1.42. The van der Waals surface area contributed by atoms with Crippen molar-refractivity contribution in [1.82, 2.24) is 4.90 Å². The standard InChI is InChI=1S/C15H15NO2/c17-11-14-8-13-10-16(7-6-15(13)18-14)9-12-4-2-1-3-5-12/h1-5,8,11H,6-7,9-10H2. The molecule has 0 unspecified atom stereocenters. The van der Waals surface area contributed by atoms with Gasteiger partial charge < -0.3 is 4.42 Å². The smallest absolute Gasteiger partial charge is 0.185 e. The first kappa shape index (κ1) is 11.2. The van der Waals surface area contributed by atoms with Gasteiger partial charge in [-0.1, -0.05) is 30.3 Å². The van der Waals surface area contributed by atoms with Crippen molar-refractivity contribution in [2.24, 2.45) is 0 Å². The molecule has 92 valence electrons. The van der Waals surface area contributed by atoms with Gasteiger partial charge in [-0.2, -0.15) is 0 Å². The fourth-order valence-corrected chi connectivity index (χ4v) is 2.45. The largest absolute Gasteiger partial charge is 0.458 e. The van der Waals surface area contributed by atoms with Crippen molar-refractivity contribution in [2.75, 3.05) is 6.54 Å². The minimum absolute atomic E-state index is 0.446. The van der Waals surface area contributed by atoms with Crippen LogP contribution in [0.15, 0.2) is 40.8 Å². The molecule has 1 aromatic carbocycles. The van der Waals surface area contributed by atoms with Gasteiger partial charge in [0.25, 0.3) is 0 Å². The monoisotopic (exact) mass is 241 g/mol. The average molecular weight is 241 g/mol. The van der Waals surface area contributed by atoms with Gasteiger partial charge in [-0.15, -0.1) is 0 Å². The van der Waals surface area contributed by atoms with Crippen LogP contribution in [0.25, 0.3) is 0 Å². The Morgan fingerprint density at radius 2 is 2.11 bits per heavy atom. The molecule has 0 atom stereocenters. The van der Waals surface area contributed by atoms with Crippen LogP contribution in [0, 0.1) is 0 Å². The number of benzene rings is 1. The van der Waals surface area contributed by atoms with Gasteiger partial charge >= 0.3 is 0 Å². The van der Waals surface area contributed by atoms with E-state index in [1.807, 2.05) is 12.1 Å². The minimum Gasteiger partial charge on any atom is -0.458 e. The molecule has 3 nitrogen and oxygen atoms in total. The van der Waals surface area contributed by atoms with Gasteiger partial charge in [0.1, 0.15) is 5.76 Å². The Balaban J connectivity index is 1.73. The number of hydrogen-bond acceptors (Lipinski definition) is 3. The lowest BCUT2D eigenvalue weighted by Crippen LogP contribution is -2.29. The van der Waals surface area contributed by atoms with Crippen LogP contribution in [0.1, 0.15) is 27.4 Å². The number of hydrogen-bond donors (Lipinski definition) is 0. The number of aldehydes is 1. The molecule has 0 fully saturated rings. The Labute approximate surface area is 106 Å². The van der Waals surface area contributed by atoms with Gasteiger partial charge in [0.05, 0.1) is 0 Å². The number of furan rings is 1. The first-order chi connectivity index (χ1) is 8.85. The van der Waals surface area contributed by atoms with Crippen molar-refractivity contribution >= 4 is 6.29 Å². The molecule has 0 amide bonds. The van der Waals surface area contributed by atoms with E-state index < -0.39 is 0 Å². The predicted octanol–water partition coefficient (Wildman–Crippen LogP) is 2.65. The first-order valence-corrected chi connectivity index (χ1v) is 6.18. The first-order valence-electron chi connectivity index (χ1n) is 6.18. The second-order valence-electron chi connectivity index (χ2n) is 4.66. The lowest BCUT2D eigenvalue weighted by Gasteiger charge is -2.25. The Hall–Kier alpha value is -1.87. The van der Waals surface area contributed by atoms with E-state index in [9.17, 15) is 4.79 Å². The van der Waals surface area contributed by atoms with E-state index in [0.29, 0.717) is 5.76 Å². The van der Waals surface area contributed by atoms with Crippen molar-refractivity contribution in [1.29, 1.82) is 0 Å². The maximum absolute atomic E-state index is 10.7. The van der Waals surface area contributed by atoms with Crippen molar-refractivity contribution in [2.45, 2.75) is 19.5 Å². The second-order valence-corrected chi connectivity index (χ2v) is 4.66. The topological polar surface area (TPSA) is 33.5 Å². The zero-order valence-electron chi connectivity index (χ0n) is 10.1. The Bertz CT molecular complexity index is 545. The summed E-state index contributed by atoms with van der Waals surface area (Å²) in [6.07, 6.45) is 1.66. The van der Waals surface area contributed by atoms with Crippen molar-refractivity contribution in [3.05, 3.63) is 59.0 Å². The third kappa shape index (κ3) is 2.22. The molecule has 1 aromatic heterocycles. The zero-order chi connectivity index (χ0) is 12.4. The summed E-state index contributed by atoms with van der Waals surface area (Å²) in [4.78, 5) is 13.1. The van der Waals surface area contributed by atoms with Crippen LogP contribution in [0.5, 0.6) is 0 Å². The normalized spacial score (nSPS) is 15.3. The highest BCUT2D eigenvalue weighted by Crippen LogP contribution is 2.23. The maximum Gasteiger partial charge on any atom is 0.185 e. The van der Waals surface area contributed by atoms with Crippen molar-refractivity contribution < 1.29 is 9.21 Å². The molecule has 2 heterocycles. The third-order valence-electron chi connectivity index (χ3n) is 3.33. The van der Waals surface area contributed by atoms with E-state index in [1.165, 1.54) is 5.56 Å². The van der Waals surface area contributed by atoms with Crippen LogP contribution in [-0.4, -0.2) is 17.7 Å². The Morgan fingerprint density at radius 3 is 2.89 bits per heavy atom. The fraction of sp³-hybridized carbons (Fsp3) is 0.267. The van der Waals surface area contributed by atoms with Gasteiger partial charge in [0.2, 0.25) is 0 Å². The van der Waals surface area contributed by atoms with Crippen LogP contribution in [0.3, 0.4) is 0 Å². The maximum atomic E-state index is 10.7. The molecular formula is C15H15NO2. The van der Waals surface area contributed by atoms with Crippen LogP contribution in [0.4, 0.5) is 0 Å². The molecule has 0 radical (unpaired) electrons. The molecule has 3 rings (SSSR count). The van der Waals surface area contributed by atoms with E-state index >= 15 is 0 Å². The van der Waals surface area contributed by atoms with Gasteiger partial charge in [0.15, 0.2) is 12.0 Å². The van der Waals surface area contributed by atoms with Gasteiger partial charge in [-0.25, -0.2) is 0 Å². The van der Waals surface area contributed by atoms with Crippen molar-refractivity contribution in [3.63, 3.8) is 0 Å². The third-order valence-corrected chi connectivity index (χ3v) is 3.33. The molecule has 0 saturated heterocycles. The molecule has 3 heteroatoms. The number of nitrogens with zero attached hydrogens (tertiary/aromatic N) is 1. The molecule has 0 spiro atoms. The van der Waals surface area contributed by atoms with Crippen LogP contribution >= 0.6 is 0 Å². The quantitative estimate of drug-likeness (QED) is 0.775. The number of fused-ring (bicyclic) bond motifs is 1. The van der Waals surface area contributed by atoms with E-state index in [4.69, 9.17) is 4.42 Å². The molecule has 1 aliphatic heterocycles. The van der Waals surface area contributed by atoms with E-state index in [-0.39, 0.29) is 0 Å². The number of rotatable bonds is 3. The summed E-state index contributed by atoms with van der Waals surface area (Å²) >= 11 is 0. The lowest BCUT2D eigenvalue weighted by molar-refractivity contribution is 0.109. The second kappa shape index (κ2) is 4.78. The lowest BCUT2D eigenvalue weighted by atomic mass is 10.1. The Kier molecular flexibility index (Phi) is 2.99. The summed E-state index contributed by atoms with van der Waals surface area (Å²) in [6, 6.07) is 12.3. The summed E-state index contributed by atoms with van der Waals surface area (Å²) in [5.41, 5.74) is 2.47. The van der Waals surface area contributed by atoms with E-state index in [1.54, 1.807) is 0 Å². The zero-order valence-corrected chi connectivity index (χ0v) is 10.1. The highest BCUT2D eigenvalue weighted by Gasteiger charge is 2.20. The summed E-state index contributed by atoms with van der Waals surface area (Å²) < 4.78 is 5.46. The Morgan fingerprint density at radius 1 is 1.28 bits per heavy atom. The molecule has 0 aliphatic carbocycles. The van der Waals surface area contributed by atoms with Crippen LogP contribution in [-0.2, 0) is 19.5 Å². The summed E-state index contributed by atoms with van der Waals surface area (Å²) in [6.45, 7) is 2.79. The highest BCUT2D eigenvalue weighted by atomic mass is 16.3. The van der Waals surface area contributed by atoms with E-state index in [2.05, 4.69) is 29.2 Å². The van der Waals surface area contributed by atoms with Crippen LogP contribution < -0.4 is 0 Å². The number of carbonyl (C=O) groups excluding carboxylic acids is 1. The molecule has 0 saturated carbocycles. The SMILES string of the molecule is O=Cc1cc2c(o1)CCN(Cc1ccccc1)C2. The fourth-order valence-electron chi connectivity index (χ4n) is 2.45. The predicted molar refractivity (Wildman–Crippen MR) is 68.4 cm³/mol. The van der Waals surface area contributed by atoms with Crippen LogP contribution in [0.2, 0.25) is 0 Å². The van der Waals surface area contributed by atoms with Gasteiger partial charge in [0, 0.05) is 31.6 Å². The number of carbonyl (C=O) groups is 1. The average Bonchev–Trinajstić information content (AvgIpc) is 2.82. The molecular weight excluding hydrogens is 226 g/mol. The molecule has 0 bridgehead atoms. The molecule has 18 heavy (non-hydrogen) atoms. The van der Waals surface area contributed by atoms with E-state index in [0.717, 1.165) is 43.7 Å². The highest BCUT2D eigenvalue weighted by molar-refractivity contribution is 5.71. The molecule has 0 N–H and O–H groups in total. The summed E-state index contributed by atoms with van der Waals surface area (Å²) in [7, 11) is 0. The van der Waals surface area contributed by atoms with Gasteiger partial charge in [-0.05, 0) is 11.6 Å². The van der Waals surface area contributed by atoms with Gasteiger partial charge in [-0.3, -0.25) is 9.69 Å². The molecule has 2 aromatic rings. The minimum atomic E-state index is 0.446. The summed E-state index contributed by atoms with van der Waals surface area (Å²) in [5, 5.41) is 0. The van der Waals surface area contributed by atoms with Crippen molar-refractivity contribution in [3.8, 4) is 0 Å².